The average molecular weight is 224 g/mol. The lowest BCUT2D eigenvalue weighted by atomic mass is 10.0. The lowest BCUT2D eigenvalue weighted by Gasteiger charge is -2.14. The zero-order valence-corrected chi connectivity index (χ0v) is 9.17. The molecule has 0 spiro atoms. The van der Waals surface area contributed by atoms with Gasteiger partial charge < -0.3 is 14.9 Å². The topological polar surface area (TPSA) is 66.8 Å². The first kappa shape index (κ1) is 12.7. The first-order valence-corrected chi connectivity index (χ1v) is 5.16. The third-order valence-corrected chi connectivity index (χ3v) is 2.21. The highest BCUT2D eigenvalue weighted by Gasteiger charge is 2.18. The standard InChI is InChI=1S/C12H16O4/c1-9(13)16-8-11(12(14)15)7-10-5-3-2-4-6-10/h2-6,9,11,13H,7-8H2,1H3,(H,14,15). The van der Waals surface area contributed by atoms with Crippen LogP contribution in [0.4, 0.5) is 0 Å². The average Bonchev–Trinajstić information content (AvgIpc) is 2.25. The molecule has 0 saturated carbocycles. The SMILES string of the molecule is CC(O)OCC(Cc1ccccc1)C(=O)O. The number of aliphatic hydroxyl groups excluding tert-OH is 1. The number of carboxylic acids is 1. The molecule has 1 rings (SSSR count). The Labute approximate surface area is 94.5 Å². The summed E-state index contributed by atoms with van der Waals surface area (Å²) in [5, 5.41) is 17.9. The Kier molecular flexibility index (Phi) is 4.95. The second-order valence-electron chi connectivity index (χ2n) is 3.66. The Morgan fingerprint density at radius 3 is 2.50 bits per heavy atom. The largest absolute Gasteiger partial charge is 0.481 e. The van der Waals surface area contributed by atoms with Crippen LogP contribution in [0.25, 0.3) is 0 Å². The van der Waals surface area contributed by atoms with Crippen molar-refractivity contribution in [2.24, 2.45) is 5.92 Å². The maximum Gasteiger partial charge on any atom is 0.309 e. The molecule has 0 aliphatic rings. The van der Waals surface area contributed by atoms with E-state index in [1.54, 1.807) is 0 Å². The summed E-state index contributed by atoms with van der Waals surface area (Å²) in [6.07, 6.45) is -0.527. The summed E-state index contributed by atoms with van der Waals surface area (Å²) in [5.41, 5.74) is 0.948. The molecule has 0 saturated heterocycles. The van der Waals surface area contributed by atoms with E-state index in [0.29, 0.717) is 6.42 Å². The monoisotopic (exact) mass is 224 g/mol. The molecule has 2 unspecified atom stereocenters. The molecule has 4 nitrogen and oxygen atoms in total. The van der Waals surface area contributed by atoms with Crippen molar-refractivity contribution >= 4 is 5.97 Å². The third-order valence-electron chi connectivity index (χ3n) is 2.21. The van der Waals surface area contributed by atoms with Crippen LogP contribution in [0.15, 0.2) is 30.3 Å². The van der Waals surface area contributed by atoms with E-state index in [4.69, 9.17) is 14.9 Å². The molecule has 2 atom stereocenters. The summed E-state index contributed by atoms with van der Waals surface area (Å²) >= 11 is 0. The van der Waals surface area contributed by atoms with Gasteiger partial charge in [0.15, 0.2) is 6.29 Å². The van der Waals surface area contributed by atoms with Gasteiger partial charge in [0.1, 0.15) is 0 Å². The van der Waals surface area contributed by atoms with Gasteiger partial charge in [0.25, 0.3) is 0 Å². The number of benzene rings is 1. The smallest absolute Gasteiger partial charge is 0.309 e. The van der Waals surface area contributed by atoms with Crippen molar-refractivity contribution in [1.29, 1.82) is 0 Å². The molecule has 0 amide bonds. The molecule has 2 N–H and O–H groups in total. The molecule has 4 heteroatoms. The molecule has 0 radical (unpaired) electrons. The number of rotatable bonds is 6. The van der Waals surface area contributed by atoms with Crippen molar-refractivity contribution in [3.8, 4) is 0 Å². The number of aliphatic carboxylic acids is 1. The van der Waals surface area contributed by atoms with Crippen LogP contribution >= 0.6 is 0 Å². The zero-order valence-electron chi connectivity index (χ0n) is 9.17. The number of hydrogen-bond acceptors (Lipinski definition) is 3. The van der Waals surface area contributed by atoms with Crippen molar-refractivity contribution < 1.29 is 19.7 Å². The van der Waals surface area contributed by atoms with Gasteiger partial charge in [-0.05, 0) is 18.9 Å². The first-order chi connectivity index (χ1) is 7.59. The van der Waals surface area contributed by atoms with E-state index >= 15 is 0 Å². The van der Waals surface area contributed by atoms with Gasteiger partial charge in [0.2, 0.25) is 0 Å². The van der Waals surface area contributed by atoms with Crippen LogP contribution in [0.2, 0.25) is 0 Å². The summed E-state index contributed by atoms with van der Waals surface area (Å²) < 4.78 is 4.91. The minimum atomic E-state index is -0.933. The van der Waals surface area contributed by atoms with Crippen LogP contribution < -0.4 is 0 Å². The fourth-order valence-electron chi connectivity index (χ4n) is 1.37. The maximum absolute atomic E-state index is 11.0. The van der Waals surface area contributed by atoms with Gasteiger partial charge in [-0.25, -0.2) is 0 Å². The summed E-state index contributed by atoms with van der Waals surface area (Å²) in [6.45, 7) is 1.48. The molecule has 0 aliphatic carbocycles. The quantitative estimate of drug-likeness (QED) is 0.714. The van der Waals surface area contributed by atoms with E-state index in [0.717, 1.165) is 5.56 Å². The highest BCUT2D eigenvalue weighted by atomic mass is 16.6. The molecule has 1 aromatic carbocycles. The van der Waals surface area contributed by atoms with E-state index < -0.39 is 18.2 Å². The molecule has 0 heterocycles. The van der Waals surface area contributed by atoms with E-state index in [1.807, 2.05) is 30.3 Å². The zero-order chi connectivity index (χ0) is 12.0. The van der Waals surface area contributed by atoms with Gasteiger partial charge in [0, 0.05) is 0 Å². The maximum atomic E-state index is 11.0. The van der Waals surface area contributed by atoms with Gasteiger partial charge >= 0.3 is 5.97 Å². The Morgan fingerprint density at radius 2 is 2.00 bits per heavy atom. The van der Waals surface area contributed by atoms with Crippen LogP contribution in [-0.4, -0.2) is 29.1 Å². The number of carboxylic acid groups (broad SMARTS) is 1. The van der Waals surface area contributed by atoms with Gasteiger partial charge in [-0.15, -0.1) is 0 Å². The molecule has 0 aliphatic heterocycles. The van der Waals surface area contributed by atoms with Crippen LogP contribution in [0, 0.1) is 5.92 Å². The second kappa shape index (κ2) is 6.25. The molecule has 88 valence electrons. The van der Waals surface area contributed by atoms with E-state index in [2.05, 4.69) is 0 Å². The minimum absolute atomic E-state index is 0.0158. The van der Waals surface area contributed by atoms with Crippen molar-refractivity contribution in [3.05, 3.63) is 35.9 Å². The van der Waals surface area contributed by atoms with E-state index in [-0.39, 0.29) is 6.61 Å². The first-order valence-electron chi connectivity index (χ1n) is 5.16. The molecule has 0 bridgehead atoms. The van der Waals surface area contributed by atoms with Crippen LogP contribution in [0.5, 0.6) is 0 Å². The van der Waals surface area contributed by atoms with Crippen molar-refractivity contribution in [3.63, 3.8) is 0 Å². The number of carbonyl (C=O) groups is 1. The summed E-state index contributed by atoms with van der Waals surface area (Å²) in [4.78, 5) is 11.0. The third kappa shape index (κ3) is 4.42. The van der Waals surface area contributed by atoms with Crippen LogP contribution in [0.1, 0.15) is 12.5 Å². The molecule has 1 aromatic rings. The molecule has 0 fully saturated rings. The lowest BCUT2D eigenvalue weighted by Crippen LogP contribution is -2.24. The van der Waals surface area contributed by atoms with Crippen molar-refractivity contribution in [2.75, 3.05) is 6.61 Å². The Hall–Kier alpha value is -1.39. The fraction of sp³-hybridized carbons (Fsp3) is 0.417. The summed E-state index contributed by atoms with van der Waals surface area (Å²) in [5.74, 6) is -1.54. The van der Waals surface area contributed by atoms with E-state index in [1.165, 1.54) is 6.92 Å². The fourth-order valence-corrected chi connectivity index (χ4v) is 1.37. The van der Waals surface area contributed by atoms with Crippen molar-refractivity contribution in [1.82, 2.24) is 0 Å². The van der Waals surface area contributed by atoms with Crippen LogP contribution in [0.3, 0.4) is 0 Å². The molecule has 16 heavy (non-hydrogen) atoms. The second-order valence-corrected chi connectivity index (χ2v) is 3.66. The molecule has 0 aromatic heterocycles. The predicted octanol–water partition coefficient (Wildman–Crippen LogP) is 1.28. The van der Waals surface area contributed by atoms with Crippen molar-refractivity contribution in [2.45, 2.75) is 19.6 Å². The Morgan fingerprint density at radius 1 is 1.38 bits per heavy atom. The molecular weight excluding hydrogens is 208 g/mol. The predicted molar refractivity (Wildman–Crippen MR) is 58.9 cm³/mol. The normalized spacial score (nSPS) is 14.4. The Balaban J connectivity index is 2.55. The number of ether oxygens (including phenoxy) is 1. The number of aliphatic hydroxyl groups is 1. The van der Waals surface area contributed by atoms with Gasteiger partial charge in [-0.3, -0.25) is 4.79 Å². The van der Waals surface area contributed by atoms with E-state index in [9.17, 15) is 4.79 Å². The minimum Gasteiger partial charge on any atom is -0.481 e. The molecular formula is C12H16O4. The summed E-state index contributed by atoms with van der Waals surface area (Å²) in [6, 6.07) is 9.36. The highest BCUT2D eigenvalue weighted by molar-refractivity contribution is 5.70. The highest BCUT2D eigenvalue weighted by Crippen LogP contribution is 2.10. The van der Waals surface area contributed by atoms with Gasteiger partial charge in [0.05, 0.1) is 12.5 Å². The van der Waals surface area contributed by atoms with Gasteiger partial charge in [-0.1, -0.05) is 30.3 Å². The van der Waals surface area contributed by atoms with Gasteiger partial charge in [-0.2, -0.15) is 0 Å². The lowest BCUT2D eigenvalue weighted by molar-refractivity contribution is -0.149. The Bertz CT molecular complexity index is 321. The van der Waals surface area contributed by atoms with Crippen LogP contribution in [-0.2, 0) is 16.0 Å². The number of hydrogen-bond donors (Lipinski definition) is 2. The summed E-state index contributed by atoms with van der Waals surface area (Å²) in [7, 11) is 0.